The van der Waals surface area contributed by atoms with Crippen molar-refractivity contribution >= 4 is 11.7 Å². The molecule has 1 N–H and O–H groups in total. The molecule has 0 aliphatic carbocycles. The van der Waals surface area contributed by atoms with E-state index in [0.29, 0.717) is 36.8 Å². The fourth-order valence-corrected chi connectivity index (χ4v) is 2.76. The third-order valence-corrected chi connectivity index (χ3v) is 4.21. The number of aliphatic hydroxyl groups is 1. The van der Waals surface area contributed by atoms with E-state index in [2.05, 4.69) is 4.98 Å². The molecule has 2 aromatic rings. The Kier molecular flexibility index (Phi) is 5.58. The second kappa shape index (κ2) is 8.05. The van der Waals surface area contributed by atoms with E-state index >= 15 is 0 Å². The molecule has 26 heavy (non-hydrogen) atoms. The van der Waals surface area contributed by atoms with Gasteiger partial charge in [-0.25, -0.2) is 4.98 Å². The van der Waals surface area contributed by atoms with Gasteiger partial charge in [-0.3, -0.25) is 4.79 Å². The van der Waals surface area contributed by atoms with E-state index in [1.165, 1.54) is 0 Å². The molecule has 7 heteroatoms. The molecule has 7 nitrogen and oxygen atoms in total. The summed E-state index contributed by atoms with van der Waals surface area (Å²) in [6, 6.07) is 11.0. The number of para-hydroxylation sites is 2. The van der Waals surface area contributed by atoms with Gasteiger partial charge in [-0.15, -0.1) is 0 Å². The van der Waals surface area contributed by atoms with E-state index in [1.807, 2.05) is 36.2 Å². The number of carbonyl (C=O) groups is 1. The minimum Gasteiger partial charge on any atom is -0.486 e. The lowest BCUT2D eigenvalue weighted by Gasteiger charge is -2.29. The molecule has 138 valence electrons. The van der Waals surface area contributed by atoms with E-state index < -0.39 is 0 Å². The highest BCUT2D eigenvalue weighted by Crippen LogP contribution is 2.31. The third kappa shape index (κ3) is 4.05. The highest BCUT2D eigenvalue weighted by molar-refractivity contribution is 5.94. The first-order chi connectivity index (χ1) is 12.6. The monoisotopic (exact) mass is 357 g/mol. The predicted molar refractivity (Wildman–Crippen MR) is 97.9 cm³/mol. The smallest absolute Gasteiger partial charge is 0.255 e. The minimum absolute atomic E-state index is 0.0498. The van der Waals surface area contributed by atoms with Crippen LogP contribution in [0.3, 0.4) is 0 Å². The Morgan fingerprint density at radius 3 is 2.69 bits per heavy atom. The maximum atomic E-state index is 12.6. The van der Waals surface area contributed by atoms with Gasteiger partial charge in [0.25, 0.3) is 5.91 Å². The highest BCUT2D eigenvalue weighted by Gasteiger charge is 2.24. The Bertz CT molecular complexity index is 751. The largest absolute Gasteiger partial charge is 0.486 e. The summed E-state index contributed by atoms with van der Waals surface area (Å²) in [5.74, 6) is 2.00. The lowest BCUT2D eigenvalue weighted by atomic mass is 10.2. The summed E-state index contributed by atoms with van der Waals surface area (Å²) in [6.07, 6.45) is 1.33. The van der Waals surface area contributed by atoms with Crippen molar-refractivity contribution in [2.75, 3.05) is 45.3 Å². The Morgan fingerprint density at radius 2 is 2.00 bits per heavy atom. The number of fused-ring (bicyclic) bond motifs is 1. The number of pyridine rings is 1. The van der Waals surface area contributed by atoms with Crippen LogP contribution < -0.4 is 14.4 Å². The van der Waals surface area contributed by atoms with Gasteiger partial charge in [0.05, 0.1) is 18.7 Å². The molecule has 1 aliphatic heterocycles. The summed E-state index contributed by atoms with van der Waals surface area (Å²) in [5.41, 5.74) is 0.505. The van der Waals surface area contributed by atoms with Crippen LogP contribution >= 0.6 is 0 Å². The SMILES string of the molecule is CN(C[C@@H]1COc2ccccc2O1)C(=O)c1ccc(N(C)CCO)nc1. The average molecular weight is 357 g/mol. The second-order valence-corrected chi connectivity index (χ2v) is 6.23. The molecular weight excluding hydrogens is 334 g/mol. The van der Waals surface area contributed by atoms with E-state index in [-0.39, 0.29) is 18.6 Å². The third-order valence-electron chi connectivity index (χ3n) is 4.21. The average Bonchev–Trinajstić information content (AvgIpc) is 2.67. The molecule has 0 bridgehead atoms. The molecule has 1 aromatic heterocycles. The van der Waals surface area contributed by atoms with Crippen molar-refractivity contribution < 1.29 is 19.4 Å². The summed E-state index contributed by atoms with van der Waals surface area (Å²) in [7, 11) is 3.57. The van der Waals surface area contributed by atoms with Crippen LogP contribution in [0.4, 0.5) is 5.82 Å². The maximum Gasteiger partial charge on any atom is 0.255 e. The van der Waals surface area contributed by atoms with Crippen LogP contribution in [0.15, 0.2) is 42.6 Å². The number of benzene rings is 1. The van der Waals surface area contributed by atoms with Crippen LogP contribution in [0.5, 0.6) is 11.5 Å². The summed E-state index contributed by atoms with van der Waals surface area (Å²) in [4.78, 5) is 20.3. The fourth-order valence-electron chi connectivity index (χ4n) is 2.76. The number of nitrogens with zero attached hydrogens (tertiary/aromatic N) is 3. The van der Waals surface area contributed by atoms with Gasteiger partial charge in [0, 0.05) is 26.8 Å². The molecule has 0 fully saturated rings. The Hall–Kier alpha value is -2.80. The first kappa shape index (κ1) is 18.0. The predicted octanol–water partition coefficient (Wildman–Crippen LogP) is 1.42. The fraction of sp³-hybridized carbons (Fsp3) is 0.368. The molecule has 1 amide bonds. The zero-order chi connectivity index (χ0) is 18.5. The molecule has 0 saturated heterocycles. The molecule has 0 unspecified atom stereocenters. The van der Waals surface area contributed by atoms with Crippen LogP contribution in [0.25, 0.3) is 0 Å². The van der Waals surface area contributed by atoms with Crippen LogP contribution in [-0.2, 0) is 0 Å². The minimum atomic E-state index is -0.221. The van der Waals surface area contributed by atoms with Gasteiger partial charge < -0.3 is 24.4 Å². The topological polar surface area (TPSA) is 75.1 Å². The van der Waals surface area contributed by atoms with Crippen LogP contribution in [0, 0.1) is 0 Å². The summed E-state index contributed by atoms with van der Waals surface area (Å²) >= 11 is 0. The zero-order valence-corrected chi connectivity index (χ0v) is 15.0. The summed E-state index contributed by atoms with van der Waals surface area (Å²) in [6.45, 7) is 1.35. The molecule has 2 heterocycles. The van der Waals surface area contributed by atoms with Crippen molar-refractivity contribution in [3.8, 4) is 11.5 Å². The van der Waals surface area contributed by atoms with Crippen molar-refractivity contribution in [2.45, 2.75) is 6.10 Å². The number of likely N-dealkylation sites (N-methyl/N-ethyl adjacent to an activating group) is 2. The van der Waals surface area contributed by atoms with Gasteiger partial charge in [0.1, 0.15) is 12.4 Å². The van der Waals surface area contributed by atoms with Gasteiger partial charge in [-0.05, 0) is 24.3 Å². The van der Waals surface area contributed by atoms with E-state index in [4.69, 9.17) is 14.6 Å². The number of anilines is 1. The van der Waals surface area contributed by atoms with Crippen molar-refractivity contribution in [1.82, 2.24) is 9.88 Å². The number of ether oxygens (including phenoxy) is 2. The van der Waals surface area contributed by atoms with E-state index in [9.17, 15) is 4.79 Å². The molecule has 0 spiro atoms. The molecule has 1 atom stereocenters. The first-order valence-corrected chi connectivity index (χ1v) is 8.50. The molecular formula is C19H23N3O4. The van der Waals surface area contributed by atoms with Gasteiger partial charge in [-0.1, -0.05) is 12.1 Å². The molecule has 0 saturated carbocycles. The highest BCUT2D eigenvalue weighted by atomic mass is 16.6. The van der Waals surface area contributed by atoms with Crippen molar-refractivity contribution in [3.63, 3.8) is 0 Å². The number of amides is 1. The van der Waals surface area contributed by atoms with Gasteiger partial charge >= 0.3 is 0 Å². The van der Waals surface area contributed by atoms with Crippen molar-refractivity contribution in [3.05, 3.63) is 48.2 Å². The number of aromatic nitrogens is 1. The van der Waals surface area contributed by atoms with E-state index in [1.54, 1.807) is 30.3 Å². The van der Waals surface area contributed by atoms with Crippen LogP contribution in [-0.4, -0.2) is 67.4 Å². The Balaban J connectivity index is 1.60. The van der Waals surface area contributed by atoms with Crippen LogP contribution in [0.1, 0.15) is 10.4 Å². The number of rotatable bonds is 6. The number of carbonyl (C=O) groups excluding carboxylic acids is 1. The summed E-state index contributed by atoms with van der Waals surface area (Å²) < 4.78 is 11.6. The summed E-state index contributed by atoms with van der Waals surface area (Å²) in [5, 5.41) is 8.98. The molecule has 1 aromatic carbocycles. The molecule has 0 radical (unpaired) electrons. The number of aliphatic hydroxyl groups excluding tert-OH is 1. The number of hydrogen-bond acceptors (Lipinski definition) is 6. The van der Waals surface area contributed by atoms with Gasteiger partial charge in [0.2, 0.25) is 0 Å². The molecule has 3 rings (SSSR count). The Morgan fingerprint density at radius 1 is 1.23 bits per heavy atom. The molecule has 1 aliphatic rings. The normalized spacial score (nSPS) is 15.4. The zero-order valence-electron chi connectivity index (χ0n) is 15.0. The van der Waals surface area contributed by atoms with Crippen molar-refractivity contribution in [1.29, 1.82) is 0 Å². The lowest BCUT2D eigenvalue weighted by molar-refractivity contribution is 0.0520. The second-order valence-electron chi connectivity index (χ2n) is 6.23. The number of hydrogen-bond donors (Lipinski definition) is 1. The van der Waals surface area contributed by atoms with Crippen molar-refractivity contribution in [2.24, 2.45) is 0 Å². The standard InChI is InChI=1S/C19H23N3O4/c1-21(9-10-23)18-8-7-14(11-20-18)19(24)22(2)12-15-13-25-16-5-3-4-6-17(16)26-15/h3-8,11,15,23H,9-10,12-13H2,1-2H3/t15-/m1/s1. The van der Waals surface area contributed by atoms with E-state index in [0.717, 1.165) is 5.75 Å². The quantitative estimate of drug-likeness (QED) is 0.843. The van der Waals surface area contributed by atoms with Gasteiger partial charge in [0.15, 0.2) is 17.6 Å². The Labute approximate surface area is 152 Å². The lowest BCUT2D eigenvalue weighted by Crippen LogP contribution is -2.41. The maximum absolute atomic E-state index is 12.6. The van der Waals surface area contributed by atoms with Gasteiger partial charge in [-0.2, -0.15) is 0 Å². The first-order valence-electron chi connectivity index (χ1n) is 8.50. The van der Waals surface area contributed by atoms with Crippen LogP contribution in [0.2, 0.25) is 0 Å².